The average molecular weight is 229 g/mol. The molecule has 1 unspecified atom stereocenters. The summed E-state index contributed by atoms with van der Waals surface area (Å²) in [5, 5.41) is 8.95. The van der Waals surface area contributed by atoms with Crippen molar-refractivity contribution in [3.63, 3.8) is 0 Å². The van der Waals surface area contributed by atoms with Gasteiger partial charge in [-0.1, -0.05) is 6.07 Å². The van der Waals surface area contributed by atoms with Gasteiger partial charge < -0.3 is 10.8 Å². The molecule has 0 bridgehead atoms. The number of nitrogens with two attached hydrogens (primary N) is 1. The van der Waals surface area contributed by atoms with E-state index in [-0.39, 0.29) is 12.5 Å². The zero-order valence-electron chi connectivity index (χ0n) is 9.50. The highest BCUT2D eigenvalue weighted by Crippen LogP contribution is 2.31. The molecule has 0 amide bonds. The van der Waals surface area contributed by atoms with Gasteiger partial charge in [0.05, 0.1) is 0 Å². The first-order chi connectivity index (χ1) is 7.36. The smallest absolute Gasteiger partial charge is 0.129 e. The van der Waals surface area contributed by atoms with Gasteiger partial charge in [-0.2, -0.15) is 0 Å². The number of benzene rings is 1. The third kappa shape index (κ3) is 3.00. The molecule has 0 saturated heterocycles. The van der Waals surface area contributed by atoms with Crippen molar-refractivity contribution in [2.45, 2.75) is 31.7 Å². The molecule has 0 radical (unpaired) electrons. The van der Waals surface area contributed by atoms with Gasteiger partial charge in [-0.25, -0.2) is 8.78 Å². The Labute approximate surface area is 94.1 Å². The molecule has 0 spiro atoms. The Balaban J connectivity index is 3.11. The molecule has 1 rings (SSSR count). The molecule has 4 heteroatoms. The molecule has 0 aliphatic carbocycles. The zero-order chi connectivity index (χ0) is 12.3. The summed E-state index contributed by atoms with van der Waals surface area (Å²) < 4.78 is 26.3. The number of hydrogen-bond acceptors (Lipinski definition) is 2. The second-order valence-electron chi connectivity index (χ2n) is 4.55. The highest BCUT2D eigenvalue weighted by atomic mass is 19.1. The Kier molecular flexibility index (Phi) is 3.99. The summed E-state index contributed by atoms with van der Waals surface area (Å²) in [6.45, 7) is 3.44. The Hall–Kier alpha value is -1.00. The lowest BCUT2D eigenvalue weighted by molar-refractivity contribution is 0.248. The number of hydrogen-bond donors (Lipinski definition) is 2. The lowest BCUT2D eigenvalue weighted by Gasteiger charge is -2.30. The fourth-order valence-corrected chi connectivity index (χ4v) is 1.84. The minimum Gasteiger partial charge on any atom is -0.396 e. The van der Waals surface area contributed by atoms with E-state index in [9.17, 15) is 8.78 Å². The van der Waals surface area contributed by atoms with Gasteiger partial charge in [0, 0.05) is 24.1 Å². The standard InChI is InChI=1S/C12H17F2NO/c1-12(2,15)10(5-6-16)9-4-3-8(13)7-11(9)14/h3-4,7,10,16H,5-6,15H2,1-2H3. The summed E-state index contributed by atoms with van der Waals surface area (Å²) in [7, 11) is 0. The predicted molar refractivity (Wildman–Crippen MR) is 59.1 cm³/mol. The summed E-state index contributed by atoms with van der Waals surface area (Å²) >= 11 is 0. The van der Waals surface area contributed by atoms with Crippen LogP contribution in [0.15, 0.2) is 18.2 Å². The van der Waals surface area contributed by atoms with Crippen LogP contribution in [0.5, 0.6) is 0 Å². The van der Waals surface area contributed by atoms with Gasteiger partial charge in [0.2, 0.25) is 0 Å². The summed E-state index contributed by atoms with van der Waals surface area (Å²) in [4.78, 5) is 0. The third-order valence-corrected chi connectivity index (χ3v) is 2.65. The summed E-state index contributed by atoms with van der Waals surface area (Å²) in [5.41, 5.74) is 5.62. The lowest BCUT2D eigenvalue weighted by atomic mass is 9.80. The number of aliphatic hydroxyl groups is 1. The maximum atomic E-state index is 13.6. The quantitative estimate of drug-likeness (QED) is 0.831. The van der Waals surface area contributed by atoms with Crippen molar-refractivity contribution in [2.24, 2.45) is 5.73 Å². The summed E-state index contributed by atoms with van der Waals surface area (Å²) in [6.07, 6.45) is 0.353. The molecule has 0 saturated carbocycles. The lowest BCUT2D eigenvalue weighted by Crippen LogP contribution is -2.40. The van der Waals surface area contributed by atoms with Crippen molar-refractivity contribution >= 4 is 0 Å². The number of aliphatic hydroxyl groups excluding tert-OH is 1. The molecule has 0 aliphatic rings. The van der Waals surface area contributed by atoms with Crippen LogP contribution in [0.1, 0.15) is 31.7 Å². The van der Waals surface area contributed by atoms with Crippen LogP contribution in [-0.4, -0.2) is 17.3 Å². The third-order valence-electron chi connectivity index (χ3n) is 2.65. The maximum Gasteiger partial charge on any atom is 0.129 e. The van der Waals surface area contributed by atoms with Gasteiger partial charge in [0.1, 0.15) is 11.6 Å². The highest BCUT2D eigenvalue weighted by molar-refractivity contribution is 5.25. The molecule has 1 aromatic carbocycles. The van der Waals surface area contributed by atoms with E-state index in [0.29, 0.717) is 12.0 Å². The molecular weight excluding hydrogens is 212 g/mol. The van der Waals surface area contributed by atoms with Gasteiger partial charge in [0.15, 0.2) is 0 Å². The number of rotatable bonds is 4. The van der Waals surface area contributed by atoms with Crippen LogP contribution in [0, 0.1) is 11.6 Å². The van der Waals surface area contributed by atoms with Crippen LogP contribution in [0.3, 0.4) is 0 Å². The van der Waals surface area contributed by atoms with Crippen molar-refractivity contribution in [1.82, 2.24) is 0 Å². The van der Waals surface area contributed by atoms with Crippen molar-refractivity contribution in [1.29, 1.82) is 0 Å². The second kappa shape index (κ2) is 4.89. The van der Waals surface area contributed by atoms with E-state index in [4.69, 9.17) is 10.8 Å². The van der Waals surface area contributed by atoms with Crippen LogP contribution < -0.4 is 5.73 Å². The molecular formula is C12H17F2NO. The summed E-state index contributed by atoms with van der Waals surface area (Å²) in [6, 6.07) is 3.43. The first kappa shape index (κ1) is 13.1. The van der Waals surface area contributed by atoms with Crippen LogP contribution in [0.25, 0.3) is 0 Å². The van der Waals surface area contributed by atoms with Gasteiger partial charge in [0.25, 0.3) is 0 Å². The van der Waals surface area contributed by atoms with Crippen LogP contribution in [0.4, 0.5) is 8.78 Å². The molecule has 2 nitrogen and oxygen atoms in total. The normalized spacial score (nSPS) is 13.9. The van der Waals surface area contributed by atoms with Crippen molar-refractivity contribution in [3.8, 4) is 0 Å². The Morgan fingerprint density at radius 1 is 1.38 bits per heavy atom. The van der Waals surface area contributed by atoms with Crippen molar-refractivity contribution < 1.29 is 13.9 Å². The Morgan fingerprint density at radius 2 is 2.00 bits per heavy atom. The van der Waals surface area contributed by atoms with E-state index < -0.39 is 17.2 Å². The fourth-order valence-electron chi connectivity index (χ4n) is 1.84. The van der Waals surface area contributed by atoms with Crippen LogP contribution in [-0.2, 0) is 0 Å². The SMILES string of the molecule is CC(C)(N)C(CCO)c1ccc(F)cc1F. The molecule has 0 heterocycles. The molecule has 3 N–H and O–H groups in total. The van der Waals surface area contributed by atoms with E-state index >= 15 is 0 Å². The van der Waals surface area contributed by atoms with E-state index in [1.54, 1.807) is 13.8 Å². The Bertz CT molecular complexity index is 361. The largest absolute Gasteiger partial charge is 0.396 e. The van der Waals surface area contributed by atoms with E-state index in [1.807, 2.05) is 0 Å². The predicted octanol–water partition coefficient (Wildman–Crippen LogP) is 2.17. The zero-order valence-corrected chi connectivity index (χ0v) is 9.50. The van der Waals surface area contributed by atoms with Crippen LogP contribution in [0.2, 0.25) is 0 Å². The van der Waals surface area contributed by atoms with Gasteiger partial charge in [-0.3, -0.25) is 0 Å². The van der Waals surface area contributed by atoms with E-state index in [2.05, 4.69) is 0 Å². The minimum atomic E-state index is -0.665. The molecule has 0 fully saturated rings. The first-order valence-electron chi connectivity index (χ1n) is 5.21. The monoisotopic (exact) mass is 229 g/mol. The van der Waals surface area contributed by atoms with Crippen LogP contribution >= 0.6 is 0 Å². The minimum absolute atomic E-state index is 0.0812. The molecule has 90 valence electrons. The fraction of sp³-hybridized carbons (Fsp3) is 0.500. The molecule has 16 heavy (non-hydrogen) atoms. The second-order valence-corrected chi connectivity index (χ2v) is 4.55. The highest BCUT2D eigenvalue weighted by Gasteiger charge is 2.28. The molecule has 0 aliphatic heterocycles. The summed E-state index contributed by atoms with van der Waals surface area (Å²) in [5.74, 6) is -1.56. The van der Waals surface area contributed by atoms with Crippen molar-refractivity contribution in [3.05, 3.63) is 35.4 Å². The first-order valence-corrected chi connectivity index (χ1v) is 5.21. The maximum absolute atomic E-state index is 13.6. The topological polar surface area (TPSA) is 46.2 Å². The molecule has 1 atom stereocenters. The van der Waals surface area contributed by atoms with E-state index in [0.717, 1.165) is 6.07 Å². The molecule has 0 aromatic heterocycles. The van der Waals surface area contributed by atoms with Crippen molar-refractivity contribution in [2.75, 3.05) is 6.61 Å². The average Bonchev–Trinajstić information content (AvgIpc) is 2.13. The number of halogens is 2. The van der Waals surface area contributed by atoms with Gasteiger partial charge in [-0.15, -0.1) is 0 Å². The molecule has 1 aromatic rings. The Morgan fingerprint density at radius 3 is 2.44 bits per heavy atom. The van der Waals surface area contributed by atoms with Gasteiger partial charge >= 0.3 is 0 Å². The van der Waals surface area contributed by atoms with Gasteiger partial charge in [-0.05, 0) is 31.9 Å². The van der Waals surface area contributed by atoms with E-state index in [1.165, 1.54) is 12.1 Å².